The quantitative estimate of drug-likeness (QED) is 0.428. The monoisotopic (exact) mass is 499 g/mol. The largest absolute Gasteiger partial charge is 0.376 e. The van der Waals surface area contributed by atoms with Crippen LogP contribution in [0.5, 0.6) is 0 Å². The van der Waals surface area contributed by atoms with E-state index in [1.54, 1.807) is 23.8 Å². The normalized spacial score (nSPS) is 22.3. The zero-order valence-electron chi connectivity index (χ0n) is 18.3. The fourth-order valence-electron chi connectivity index (χ4n) is 5.06. The maximum Gasteiger partial charge on any atom is 0.334 e. The molecule has 1 spiro atoms. The summed E-state index contributed by atoms with van der Waals surface area (Å²) in [5.41, 5.74) is 8.06. The number of piperidine rings is 1. The van der Waals surface area contributed by atoms with Gasteiger partial charge in [-0.05, 0) is 31.9 Å². The van der Waals surface area contributed by atoms with Crippen molar-refractivity contribution in [2.45, 2.75) is 31.9 Å². The lowest BCUT2D eigenvalue weighted by molar-refractivity contribution is 0.0974. The molecule has 0 amide bonds. The molecule has 3 N–H and O–H groups in total. The molecule has 2 aliphatic rings. The molecule has 0 radical (unpaired) electrons. The Morgan fingerprint density at radius 1 is 1.26 bits per heavy atom. The Bertz CT molecular complexity index is 1540. The van der Waals surface area contributed by atoms with Gasteiger partial charge in [0.05, 0.1) is 45.3 Å². The standard InChI is InChI=1S/C22H22ClN7O3S/c1-11-18(24)22(9-33-11)4-6-29(7-5-22)14-8-25-16-19(27-14)28-21(32)30(20(16)31)13-3-2-12-17(15(13)23)34-10-26-12/h2-3,8,10-11,18H,4-7,9,24H2,1H3,(H,27,28,32)/t11-,18+/m0/s1. The van der Waals surface area contributed by atoms with Crippen LogP contribution in [0.15, 0.2) is 33.4 Å². The van der Waals surface area contributed by atoms with E-state index < -0.39 is 11.2 Å². The molecule has 176 valence electrons. The third-order valence-electron chi connectivity index (χ3n) is 7.18. The third kappa shape index (κ3) is 3.18. The summed E-state index contributed by atoms with van der Waals surface area (Å²) >= 11 is 7.85. The molecule has 0 unspecified atom stereocenters. The molecule has 2 aliphatic heterocycles. The van der Waals surface area contributed by atoms with Gasteiger partial charge in [0, 0.05) is 24.5 Å². The van der Waals surface area contributed by atoms with Crippen LogP contribution < -0.4 is 21.9 Å². The first-order valence-electron chi connectivity index (χ1n) is 11.0. The number of hydrogen-bond donors (Lipinski definition) is 2. The van der Waals surface area contributed by atoms with Crippen molar-refractivity contribution in [2.75, 3.05) is 24.6 Å². The van der Waals surface area contributed by atoms with E-state index >= 15 is 0 Å². The van der Waals surface area contributed by atoms with Crippen LogP contribution in [0.3, 0.4) is 0 Å². The Morgan fingerprint density at radius 2 is 2.06 bits per heavy atom. The molecule has 2 saturated heterocycles. The van der Waals surface area contributed by atoms with Crippen LogP contribution in [0.2, 0.25) is 5.02 Å². The van der Waals surface area contributed by atoms with E-state index in [0.29, 0.717) is 27.7 Å². The molecular formula is C22H22ClN7O3S. The van der Waals surface area contributed by atoms with E-state index in [1.807, 2.05) is 6.92 Å². The molecule has 3 aromatic heterocycles. The summed E-state index contributed by atoms with van der Waals surface area (Å²) in [5.74, 6) is 0.611. The van der Waals surface area contributed by atoms with Gasteiger partial charge in [-0.2, -0.15) is 0 Å². The lowest BCUT2D eigenvalue weighted by atomic mass is 9.73. The third-order valence-corrected chi connectivity index (χ3v) is 8.54. The number of aromatic nitrogens is 5. The molecule has 1 aromatic carbocycles. The number of nitrogens with one attached hydrogen (secondary N) is 1. The average Bonchev–Trinajstić information content (AvgIpc) is 3.42. The number of thiazole rings is 1. The number of fused-ring (bicyclic) bond motifs is 2. The number of nitrogens with zero attached hydrogens (tertiary/aromatic N) is 5. The van der Waals surface area contributed by atoms with Gasteiger partial charge in [0.15, 0.2) is 11.2 Å². The summed E-state index contributed by atoms with van der Waals surface area (Å²) in [5, 5.41) is 0.294. The van der Waals surface area contributed by atoms with Gasteiger partial charge < -0.3 is 15.4 Å². The van der Waals surface area contributed by atoms with E-state index in [2.05, 4.69) is 24.8 Å². The van der Waals surface area contributed by atoms with Crippen molar-refractivity contribution in [3.8, 4) is 5.69 Å². The molecular weight excluding hydrogens is 478 g/mol. The van der Waals surface area contributed by atoms with Crippen molar-refractivity contribution in [1.29, 1.82) is 0 Å². The molecule has 12 heteroatoms. The van der Waals surface area contributed by atoms with E-state index in [1.165, 1.54) is 11.3 Å². The van der Waals surface area contributed by atoms with Crippen molar-refractivity contribution >= 4 is 50.1 Å². The summed E-state index contributed by atoms with van der Waals surface area (Å²) in [6.45, 7) is 4.19. The van der Waals surface area contributed by atoms with Crippen LogP contribution in [0, 0.1) is 5.41 Å². The second-order valence-electron chi connectivity index (χ2n) is 8.99. The van der Waals surface area contributed by atoms with Gasteiger partial charge in [-0.1, -0.05) is 11.6 Å². The highest BCUT2D eigenvalue weighted by Crippen LogP contribution is 2.41. The number of anilines is 1. The SMILES string of the molecule is C[C@@H]1OCC2(CCN(c3cnc4c(=O)n(-c5ccc6ncsc6c5Cl)c(=O)[nH]c4n3)CC2)[C@@H]1N. The fourth-order valence-corrected chi connectivity index (χ4v) is 6.16. The number of benzene rings is 1. The van der Waals surface area contributed by atoms with Crippen molar-refractivity contribution in [3.63, 3.8) is 0 Å². The van der Waals surface area contributed by atoms with Crippen LogP contribution in [-0.4, -0.2) is 56.3 Å². The summed E-state index contributed by atoms with van der Waals surface area (Å²) < 4.78 is 7.49. The second-order valence-corrected chi connectivity index (χ2v) is 10.2. The van der Waals surface area contributed by atoms with Crippen LogP contribution in [0.25, 0.3) is 27.1 Å². The minimum Gasteiger partial charge on any atom is -0.376 e. The number of halogens is 1. The Kier molecular flexibility index (Phi) is 4.99. The van der Waals surface area contributed by atoms with Gasteiger partial charge in [-0.3, -0.25) is 9.78 Å². The zero-order valence-corrected chi connectivity index (χ0v) is 19.9. The van der Waals surface area contributed by atoms with Gasteiger partial charge in [0.25, 0.3) is 5.56 Å². The minimum absolute atomic E-state index is 0.0132. The van der Waals surface area contributed by atoms with Crippen molar-refractivity contribution in [3.05, 3.63) is 49.7 Å². The Labute approximate surface area is 202 Å². The number of aromatic amines is 1. The van der Waals surface area contributed by atoms with Gasteiger partial charge in [-0.15, -0.1) is 11.3 Å². The highest BCUT2D eigenvalue weighted by atomic mass is 35.5. The molecule has 10 nitrogen and oxygen atoms in total. The van der Waals surface area contributed by atoms with Crippen LogP contribution in [0.1, 0.15) is 19.8 Å². The minimum atomic E-state index is -0.629. The summed E-state index contributed by atoms with van der Waals surface area (Å²) in [4.78, 5) is 44.1. The lowest BCUT2D eigenvalue weighted by Crippen LogP contribution is -2.50. The van der Waals surface area contributed by atoms with Crippen LogP contribution >= 0.6 is 22.9 Å². The second kappa shape index (κ2) is 7.84. The van der Waals surface area contributed by atoms with E-state index in [4.69, 9.17) is 22.1 Å². The number of rotatable bonds is 2. The van der Waals surface area contributed by atoms with Crippen LogP contribution in [0.4, 0.5) is 5.82 Å². The maximum absolute atomic E-state index is 13.2. The van der Waals surface area contributed by atoms with E-state index in [9.17, 15) is 9.59 Å². The first kappa shape index (κ1) is 21.7. The number of nitrogens with two attached hydrogens (primary N) is 1. The predicted molar refractivity (Wildman–Crippen MR) is 131 cm³/mol. The molecule has 2 atom stereocenters. The summed E-state index contributed by atoms with van der Waals surface area (Å²) in [6, 6.07) is 3.35. The van der Waals surface area contributed by atoms with Crippen molar-refractivity contribution in [1.82, 2.24) is 24.5 Å². The molecule has 6 rings (SSSR count). The molecule has 2 fully saturated rings. The van der Waals surface area contributed by atoms with Crippen LogP contribution in [-0.2, 0) is 4.74 Å². The van der Waals surface area contributed by atoms with Crippen molar-refractivity contribution in [2.24, 2.45) is 11.1 Å². The van der Waals surface area contributed by atoms with E-state index in [-0.39, 0.29) is 34.4 Å². The number of hydrogen-bond acceptors (Lipinski definition) is 9. The highest BCUT2D eigenvalue weighted by Gasteiger charge is 2.47. The highest BCUT2D eigenvalue weighted by molar-refractivity contribution is 7.17. The van der Waals surface area contributed by atoms with E-state index in [0.717, 1.165) is 30.5 Å². The molecule has 0 bridgehead atoms. The maximum atomic E-state index is 13.2. The average molecular weight is 500 g/mol. The summed E-state index contributed by atoms with van der Waals surface area (Å²) in [7, 11) is 0. The molecule has 0 aliphatic carbocycles. The Hall–Kier alpha value is -2.86. The smallest absolute Gasteiger partial charge is 0.334 e. The zero-order chi connectivity index (χ0) is 23.6. The number of ether oxygens (including phenoxy) is 1. The first-order chi connectivity index (χ1) is 16.4. The van der Waals surface area contributed by atoms with Crippen molar-refractivity contribution < 1.29 is 4.74 Å². The van der Waals surface area contributed by atoms with Gasteiger partial charge >= 0.3 is 5.69 Å². The van der Waals surface area contributed by atoms with Gasteiger partial charge in [0.1, 0.15) is 5.82 Å². The topological polar surface area (TPSA) is 132 Å². The first-order valence-corrected chi connectivity index (χ1v) is 12.3. The van der Waals surface area contributed by atoms with Gasteiger partial charge in [0.2, 0.25) is 0 Å². The Balaban J connectivity index is 1.35. The summed E-state index contributed by atoms with van der Waals surface area (Å²) in [6.07, 6.45) is 3.40. The number of H-pyrrole nitrogens is 1. The Morgan fingerprint density at radius 3 is 2.79 bits per heavy atom. The lowest BCUT2D eigenvalue weighted by Gasteiger charge is -2.41. The molecule has 34 heavy (non-hydrogen) atoms. The molecule has 5 heterocycles. The fraction of sp³-hybridized carbons (Fsp3) is 0.409. The predicted octanol–water partition coefficient (Wildman–Crippen LogP) is 2.06. The molecule has 0 saturated carbocycles. The van der Waals surface area contributed by atoms with Gasteiger partial charge in [-0.25, -0.2) is 24.3 Å². The molecule has 4 aromatic rings.